The summed E-state index contributed by atoms with van der Waals surface area (Å²) in [5.74, 6) is 0.0881. The Morgan fingerprint density at radius 3 is 2.75 bits per heavy atom. The van der Waals surface area contributed by atoms with Crippen molar-refractivity contribution in [1.29, 1.82) is 0 Å². The van der Waals surface area contributed by atoms with E-state index in [0.717, 1.165) is 24.8 Å². The van der Waals surface area contributed by atoms with E-state index in [4.69, 9.17) is 10.5 Å². The molecule has 0 aromatic heterocycles. The van der Waals surface area contributed by atoms with Crippen LogP contribution in [0, 0.1) is 0 Å². The summed E-state index contributed by atoms with van der Waals surface area (Å²) in [7, 11) is 0. The Morgan fingerprint density at radius 1 is 1.40 bits per heavy atom. The summed E-state index contributed by atoms with van der Waals surface area (Å²) < 4.78 is 5.71. The molecule has 2 heterocycles. The number of aromatic hydroxyl groups is 1. The molecule has 2 bridgehead atoms. The summed E-state index contributed by atoms with van der Waals surface area (Å²) in [6.45, 7) is 0. The van der Waals surface area contributed by atoms with E-state index >= 15 is 0 Å². The minimum Gasteiger partial charge on any atom is -0.508 e. The van der Waals surface area contributed by atoms with Crippen molar-refractivity contribution in [2.75, 3.05) is 0 Å². The number of phenolic OH excluding ortho intramolecular Hbond substituents is 1. The van der Waals surface area contributed by atoms with Gasteiger partial charge in [-0.05, 0) is 43.4 Å². The summed E-state index contributed by atoms with van der Waals surface area (Å²) in [6, 6.07) is 6.31. The maximum absolute atomic E-state index is 12.1. The van der Waals surface area contributed by atoms with Crippen LogP contribution in [-0.4, -0.2) is 35.3 Å². The summed E-state index contributed by atoms with van der Waals surface area (Å²) in [5.41, 5.74) is 6.89. The van der Waals surface area contributed by atoms with Crippen LogP contribution in [0.1, 0.15) is 24.8 Å². The molecule has 2 aliphatic rings. The molecule has 5 nitrogen and oxygen atoms in total. The van der Waals surface area contributed by atoms with Crippen molar-refractivity contribution < 1.29 is 14.6 Å². The number of hydrogen-bond donors (Lipinski definition) is 3. The van der Waals surface area contributed by atoms with Gasteiger partial charge in [0.05, 0.1) is 24.3 Å². The van der Waals surface area contributed by atoms with Crippen molar-refractivity contribution in [2.45, 2.75) is 50.0 Å². The number of fused-ring (bicyclic) bond motifs is 2. The lowest BCUT2D eigenvalue weighted by atomic mass is 9.95. The molecule has 5 heteroatoms. The molecule has 4 unspecified atom stereocenters. The highest BCUT2D eigenvalue weighted by Gasteiger charge is 2.41. The van der Waals surface area contributed by atoms with Crippen molar-refractivity contribution in [3.8, 4) is 5.75 Å². The Kier molecular flexibility index (Phi) is 3.63. The summed E-state index contributed by atoms with van der Waals surface area (Å²) >= 11 is 0. The van der Waals surface area contributed by atoms with Crippen LogP contribution in [0.15, 0.2) is 24.3 Å². The predicted octanol–water partition coefficient (Wildman–Crippen LogP) is 0.698. The highest BCUT2D eigenvalue weighted by Crippen LogP contribution is 2.34. The average Bonchev–Trinajstić information content (AvgIpc) is 3.03. The second-order valence-corrected chi connectivity index (χ2v) is 5.70. The van der Waals surface area contributed by atoms with E-state index in [-0.39, 0.29) is 23.8 Å². The molecule has 1 aromatic rings. The lowest BCUT2D eigenvalue weighted by molar-refractivity contribution is -0.123. The van der Waals surface area contributed by atoms with Crippen molar-refractivity contribution in [1.82, 2.24) is 5.32 Å². The Labute approximate surface area is 118 Å². The Balaban J connectivity index is 1.53. The molecule has 4 atom stereocenters. The van der Waals surface area contributed by atoms with E-state index in [9.17, 15) is 9.90 Å². The standard InChI is InChI=1S/C15H20N2O3/c16-12(7-9-1-3-10(18)4-2-9)15(19)17-13-8-11-5-6-14(13)20-11/h1-4,11-14,18H,5-8,16H2,(H,17,19). The molecule has 2 fully saturated rings. The molecule has 0 saturated carbocycles. The first-order valence-electron chi connectivity index (χ1n) is 7.11. The molecular weight excluding hydrogens is 256 g/mol. The van der Waals surface area contributed by atoms with Crippen LogP contribution in [0.2, 0.25) is 0 Å². The number of amides is 1. The first kappa shape index (κ1) is 13.4. The molecule has 0 spiro atoms. The van der Waals surface area contributed by atoms with Crippen molar-refractivity contribution >= 4 is 5.91 Å². The molecular formula is C15H20N2O3. The number of carbonyl (C=O) groups is 1. The average molecular weight is 276 g/mol. The fourth-order valence-corrected chi connectivity index (χ4v) is 3.06. The number of hydrogen-bond acceptors (Lipinski definition) is 4. The van der Waals surface area contributed by atoms with Gasteiger partial charge in [0.1, 0.15) is 5.75 Å². The second kappa shape index (κ2) is 5.42. The maximum Gasteiger partial charge on any atom is 0.237 e. The normalized spacial score (nSPS) is 29.4. The molecule has 1 amide bonds. The van der Waals surface area contributed by atoms with Crippen LogP contribution < -0.4 is 11.1 Å². The molecule has 1 aromatic carbocycles. The smallest absolute Gasteiger partial charge is 0.237 e. The predicted molar refractivity (Wildman–Crippen MR) is 74.2 cm³/mol. The van der Waals surface area contributed by atoms with E-state index in [2.05, 4.69) is 5.32 Å². The van der Waals surface area contributed by atoms with Crippen molar-refractivity contribution in [3.63, 3.8) is 0 Å². The SMILES string of the molecule is NC(Cc1ccc(O)cc1)C(=O)NC1CC2CCC1O2. The van der Waals surface area contributed by atoms with E-state index in [1.165, 1.54) is 0 Å². The largest absolute Gasteiger partial charge is 0.508 e. The first-order chi connectivity index (χ1) is 9.61. The molecule has 2 saturated heterocycles. The molecule has 2 aliphatic heterocycles. The second-order valence-electron chi connectivity index (χ2n) is 5.70. The number of nitrogens with two attached hydrogens (primary N) is 1. The van der Waals surface area contributed by atoms with Crippen molar-refractivity contribution in [2.24, 2.45) is 5.73 Å². The van der Waals surface area contributed by atoms with Gasteiger partial charge in [-0.3, -0.25) is 4.79 Å². The third-order valence-electron chi connectivity index (χ3n) is 4.16. The van der Waals surface area contributed by atoms with Crippen LogP contribution in [0.3, 0.4) is 0 Å². The summed E-state index contributed by atoms with van der Waals surface area (Å²) in [6.07, 6.45) is 4.00. The minimum absolute atomic E-state index is 0.118. The maximum atomic E-state index is 12.1. The molecule has 0 radical (unpaired) electrons. The van der Waals surface area contributed by atoms with Crippen LogP contribution in [-0.2, 0) is 16.0 Å². The highest BCUT2D eigenvalue weighted by molar-refractivity contribution is 5.82. The van der Waals surface area contributed by atoms with Gasteiger partial charge in [-0.2, -0.15) is 0 Å². The van der Waals surface area contributed by atoms with E-state index in [1.807, 2.05) is 0 Å². The van der Waals surface area contributed by atoms with Gasteiger partial charge in [0, 0.05) is 0 Å². The third-order valence-corrected chi connectivity index (χ3v) is 4.16. The zero-order valence-corrected chi connectivity index (χ0v) is 11.3. The number of rotatable bonds is 4. The van der Waals surface area contributed by atoms with Gasteiger partial charge in [-0.15, -0.1) is 0 Å². The zero-order chi connectivity index (χ0) is 14.1. The number of nitrogens with one attached hydrogen (secondary N) is 1. The summed E-state index contributed by atoms with van der Waals surface area (Å²) in [5, 5.41) is 12.2. The summed E-state index contributed by atoms with van der Waals surface area (Å²) in [4.78, 5) is 12.1. The zero-order valence-electron chi connectivity index (χ0n) is 11.3. The van der Waals surface area contributed by atoms with E-state index in [1.54, 1.807) is 24.3 Å². The highest BCUT2D eigenvalue weighted by atomic mass is 16.5. The molecule has 4 N–H and O–H groups in total. The van der Waals surface area contributed by atoms with Gasteiger partial charge in [-0.1, -0.05) is 12.1 Å². The third kappa shape index (κ3) is 2.78. The number of carbonyl (C=O) groups excluding carboxylic acids is 1. The van der Waals surface area contributed by atoms with Crippen molar-refractivity contribution in [3.05, 3.63) is 29.8 Å². The number of phenols is 1. The number of benzene rings is 1. The van der Waals surface area contributed by atoms with Gasteiger partial charge in [0.2, 0.25) is 5.91 Å². The van der Waals surface area contributed by atoms with Gasteiger partial charge < -0.3 is 20.9 Å². The van der Waals surface area contributed by atoms with Gasteiger partial charge in [-0.25, -0.2) is 0 Å². The lowest BCUT2D eigenvalue weighted by Crippen LogP contribution is -2.49. The lowest BCUT2D eigenvalue weighted by Gasteiger charge is -2.22. The topological polar surface area (TPSA) is 84.6 Å². The fraction of sp³-hybridized carbons (Fsp3) is 0.533. The quantitative estimate of drug-likeness (QED) is 0.755. The minimum atomic E-state index is -0.571. The molecule has 108 valence electrons. The number of ether oxygens (including phenoxy) is 1. The molecule has 20 heavy (non-hydrogen) atoms. The molecule has 0 aliphatic carbocycles. The van der Waals surface area contributed by atoms with Gasteiger partial charge >= 0.3 is 0 Å². The van der Waals surface area contributed by atoms with Crippen LogP contribution in [0.25, 0.3) is 0 Å². The Bertz CT molecular complexity index is 488. The fourth-order valence-electron chi connectivity index (χ4n) is 3.06. The van der Waals surface area contributed by atoms with Crippen LogP contribution >= 0.6 is 0 Å². The van der Waals surface area contributed by atoms with Crippen LogP contribution in [0.5, 0.6) is 5.75 Å². The first-order valence-corrected chi connectivity index (χ1v) is 7.11. The Morgan fingerprint density at radius 2 is 2.15 bits per heavy atom. The molecule has 3 rings (SSSR count). The van der Waals surface area contributed by atoms with Gasteiger partial charge in [0.15, 0.2) is 0 Å². The monoisotopic (exact) mass is 276 g/mol. The van der Waals surface area contributed by atoms with Crippen LogP contribution in [0.4, 0.5) is 0 Å². The van der Waals surface area contributed by atoms with E-state index < -0.39 is 6.04 Å². The van der Waals surface area contributed by atoms with Gasteiger partial charge in [0.25, 0.3) is 0 Å². The Hall–Kier alpha value is -1.59. The van der Waals surface area contributed by atoms with E-state index in [0.29, 0.717) is 12.5 Å².